The van der Waals surface area contributed by atoms with Crippen LogP contribution in [0.2, 0.25) is 0 Å². The maximum Gasteiger partial charge on any atom is 0.318 e. The van der Waals surface area contributed by atoms with E-state index in [0.717, 1.165) is 25.7 Å². The Morgan fingerprint density at radius 3 is 2.39 bits per heavy atom. The van der Waals surface area contributed by atoms with Crippen LogP contribution in [-0.2, 0) is 14.9 Å². The Hall–Kier alpha value is -1.46. The fraction of sp³-hybridized carbons (Fsp3) is 0.611. The van der Waals surface area contributed by atoms with Crippen LogP contribution < -0.4 is 0 Å². The molecule has 0 spiro atoms. The number of halogens is 1. The summed E-state index contributed by atoms with van der Waals surface area (Å²) in [5.74, 6) is -0.796. The first-order valence-electron chi connectivity index (χ1n) is 8.24. The molecule has 2 aliphatic rings. The monoisotopic (exact) mass is 321 g/mol. The fourth-order valence-corrected chi connectivity index (χ4v) is 3.83. The van der Waals surface area contributed by atoms with Crippen molar-refractivity contribution in [2.45, 2.75) is 56.2 Å². The lowest BCUT2D eigenvalue weighted by molar-refractivity contribution is -0.160. The van der Waals surface area contributed by atoms with Crippen molar-refractivity contribution in [3.05, 3.63) is 35.6 Å². The van der Waals surface area contributed by atoms with Crippen LogP contribution in [0.3, 0.4) is 0 Å². The summed E-state index contributed by atoms with van der Waals surface area (Å²) in [4.78, 5) is 15.1. The Labute approximate surface area is 136 Å². The molecule has 0 amide bonds. The summed E-state index contributed by atoms with van der Waals surface area (Å²) >= 11 is 0. The van der Waals surface area contributed by atoms with Gasteiger partial charge < -0.3 is 14.7 Å². The number of rotatable bonds is 4. The number of benzene rings is 1. The molecule has 3 atom stereocenters. The molecule has 5 heteroatoms. The number of carbonyl (C=O) groups excluding carboxylic acids is 1. The van der Waals surface area contributed by atoms with E-state index in [1.807, 2.05) is 0 Å². The first kappa shape index (κ1) is 16.4. The first-order chi connectivity index (χ1) is 10.9. The molecule has 2 bridgehead atoms. The zero-order valence-electron chi connectivity index (χ0n) is 13.7. The number of fused-ring (bicyclic) bond motifs is 2. The Bertz CT molecular complexity index is 562. The highest BCUT2D eigenvalue weighted by molar-refractivity contribution is 5.83. The minimum atomic E-state index is -1.16. The maximum absolute atomic E-state index is 13.1. The summed E-state index contributed by atoms with van der Waals surface area (Å²) in [6.07, 6.45) is 3.92. The highest BCUT2D eigenvalue weighted by Crippen LogP contribution is 2.36. The van der Waals surface area contributed by atoms with Crippen LogP contribution in [0.4, 0.5) is 4.39 Å². The topological polar surface area (TPSA) is 49.8 Å². The van der Waals surface area contributed by atoms with E-state index in [9.17, 15) is 14.3 Å². The molecule has 2 heterocycles. The molecule has 0 aliphatic carbocycles. The Morgan fingerprint density at radius 2 is 1.87 bits per heavy atom. The molecule has 4 nitrogen and oxygen atoms in total. The van der Waals surface area contributed by atoms with E-state index in [2.05, 4.69) is 11.9 Å². The molecule has 1 aromatic carbocycles. The molecule has 1 N–H and O–H groups in total. The third-order valence-electron chi connectivity index (χ3n) is 5.58. The van der Waals surface area contributed by atoms with Crippen molar-refractivity contribution in [2.24, 2.45) is 0 Å². The second-order valence-corrected chi connectivity index (χ2v) is 7.05. The zero-order chi connectivity index (χ0) is 16.6. The SMILES string of the molecule is CN1C2CCC1CC(OC(=O)C(C)(CO)c1ccc(F)cc1)C2. The summed E-state index contributed by atoms with van der Waals surface area (Å²) in [5, 5.41) is 9.76. The van der Waals surface area contributed by atoms with Gasteiger partial charge >= 0.3 is 5.97 Å². The summed E-state index contributed by atoms with van der Waals surface area (Å²) in [7, 11) is 2.14. The molecular weight excluding hydrogens is 297 g/mol. The molecule has 126 valence electrons. The normalized spacial score (nSPS) is 30.0. The van der Waals surface area contributed by atoms with Gasteiger partial charge in [0.1, 0.15) is 17.3 Å². The predicted molar refractivity (Wildman–Crippen MR) is 84.5 cm³/mol. The zero-order valence-corrected chi connectivity index (χ0v) is 13.7. The number of aliphatic hydroxyl groups excluding tert-OH is 1. The lowest BCUT2D eigenvalue weighted by Gasteiger charge is -2.37. The fourth-order valence-electron chi connectivity index (χ4n) is 3.83. The number of hydrogen-bond acceptors (Lipinski definition) is 4. The summed E-state index contributed by atoms with van der Waals surface area (Å²) in [6, 6.07) is 6.63. The van der Waals surface area contributed by atoms with Crippen LogP contribution in [0.5, 0.6) is 0 Å². The summed E-state index contributed by atoms with van der Waals surface area (Å²) in [6.45, 7) is 1.28. The highest BCUT2D eigenvalue weighted by atomic mass is 19.1. The van der Waals surface area contributed by atoms with Gasteiger partial charge in [0.25, 0.3) is 0 Å². The second-order valence-electron chi connectivity index (χ2n) is 7.05. The molecule has 23 heavy (non-hydrogen) atoms. The van der Waals surface area contributed by atoms with Gasteiger partial charge in [-0.2, -0.15) is 0 Å². The Morgan fingerprint density at radius 1 is 1.30 bits per heavy atom. The van der Waals surface area contributed by atoms with Crippen molar-refractivity contribution in [2.75, 3.05) is 13.7 Å². The number of esters is 1. The van der Waals surface area contributed by atoms with Crippen molar-refractivity contribution in [1.29, 1.82) is 0 Å². The first-order valence-corrected chi connectivity index (χ1v) is 8.24. The molecule has 3 rings (SSSR count). The molecule has 1 aromatic rings. The van der Waals surface area contributed by atoms with Crippen molar-refractivity contribution >= 4 is 5.97 Å². The van der Waals surface area contributed by atoms with Crippen molar-refractivity contribution in [3.63, 3.8) is 0 Å². The van der Waals surface area contributed by atoms with Gasteiger partial charge in [0.15, 0.2) is 0 Å². The van der Waals surface area contributed by atoms with E-state index in [1.165, 1.54) is 24.3 Å². The van der Waals surface area contributed by atoms with E-state index in [4.69, 9.17) is 4.74 Å². The van der Waals surface area contributed by atoms with Crippen molar-refractivity contribution in [3.8, 4) is 0 Å². The Kier molecular flexibility index (Phi) is 4.43. The van der Waals surface area contributed by atoms with E-state index in [1.54, 1.807) is 6.92 Å². The minimum absolute atomic E-state index is 0.0949. The largest absolute Gasteiger partial charge is 0.462 e. The van der Waals surface area contributed by atoms with Gasteiger partial charge in [-0.25, -0.2) is 4.39 Å². The van der Waals surface area contributed by atoms with Gasteiger partial charge in [0, 0.05) is 12.1 Å². The van der Waals surface area contributed by atoms with Crippen LogP contribution >= 0.6 is 0 Å². The van der Waals surface area contributed by atoms with Gasteiger partial charge in [-0.1, -0.05) is 12.1 Å². The molecule has 0 aromatic heterocycles. The third-order valence-corrected chi connectivity index (χ3v) is 5.58. The molecule has 0 saturated carbocycles. The smallest absolute Gasteiger partial charge is 0.318 e. The van der Waals surface area contributed by atoms with E-state index < -0.39 is 11.4 Å². The third kappa shape index (κ3) is 3.00. The molecule has 0 radical (unpaired) electrons. The molecule has 2 aliphatic heterocycles. The number of aliphatic hydroxyl groups is 1. The van der Waals surface area contributed by atoms with E-state index >= 15 is 0 Å². The van der Waals surface area contributed by atoms with Crippen molar-refractivity contribution < 1.29 is 19.0 Å². The average molecular weight is 321 g/mol. The van der Waals surface area contributed by atoms with Crippen LogP contribution in [0.25, 0.3) is 0 Å². The van der Waals surface area contributed by atoms with Crippen molar-refractivity contribution in [1.82, 2.24) is 4.90 Å². The minimum Gasteiger partial charge on any atom is -0.462 e. The van der Waals surface area contributed by atoms with E-state index in [-0.39, 0.29) is 18.5 Å². The second kappa shape index (κ2) is 6.21. The van der Waals surface area contributed by atoms with Gasteiger partial charge in [0.05, 0.1) is 6.61 Å². The van der Waals surface area contributed by atoms with Crippen LogP contribution in [-0.4, -0.2) is 47.8 Å². The van der Waals surface area contributed by atoms with Crippen LogP contribution in [0, 0.1) is 5.82 Å². The molecular formula is C18H24FNO3. The average Bonchev–Trinajstić information content (AvgIpc) is 2.76. The molecule has 2 saturated heterocycles. The van der Waals surface area contributed by atoms with Gasteiger partial charge in [-0.15, -0.1) is 0 Å². The van der Waals surface area contributed by atoms with E-state index in [0.29, 0.717) is 17.6 Å². The number of piperidine rings is 1. The standard InChI is InChI=1S/C18H24FNO3/c1-18(11-21,12-3-5-13(19)6-4-12)17(22)23-16-9-14-7-8-15(10-16)20(14)2/h3-6,14-16,21H,7-11H2,1-2H3. The van der Waals surface area contributed by atoms with Gasteiger partial charge in [-0.3, -0.25) is 4.79 Å². The predicted octanol–water partition coefficient (Wildman–Crippen LogP) is 2.24. The van der Waals surface area contributed by atoms with Gasteiger partial charge in [0.2, 0.25) is 0 Å². The number of nitrogens with zero attached hydrogens (tertiary/aromatic N) is 1. The van der Waals surface area contributed by atoms with Crippen LogP contribution in [0.1, 0.15) is 38.2 Å². The maximum atomic E-state index is 13.1. The molecule has 2 fully saturated rings. The summed E-state index contributed by atoms with van der Waals surface area (Å²) < 4.78 is 18.8. The van der Waals surface area contributed by atoms with Crippen LogP contribution in [0.15, 0.2) is 24.3 Å². The number of hydrogen-bond donors (Lipinski definition) is 1. The highest BCUT2D eigenvalue weighted by Gasteiger charge is 2.43. The van der Waals surface area contributed by atoms with Gasteiger partial charge in [-0.05, 0) is 57.4 Å². The number of carbonyl (C=O) groups is 1. The lowest BCUT2D eigenvalue weighted by Crippen LogP contribution is -2.46. The lowest BCUT2D eigenvalue weighted by atomic mass is 9.83. The Balaban J connectivity index is 1.72. The number of ether oxygens (including phenoxy) is 1. The molecule has 3 unspecified atom stereocenters. The summed E-state index contributed by atoms with van der Waals surface area (Å²) in [5.41, 5.74) is -0.585. The quantitative estimate of drug-likeness (QED) is 0.864.